The molecule has 0 radical (unpaired) electrons. The fourth-order valence-corrected chi connectivity index (χ4v) is 13.2. The monoisotopic (exact) mass is 719 g/mol. The van der Waals surface area contributed by atoms with Gasteiger partial charge in [-0.3, -0.25) is 0 Å². The maximum Gasteiger partial charge on any atom is 0.179 e. The van der Waals surface area contributed by atoms with Gasteiger partial charge < -0.3 is 9.32 Å². The number of hydrogen-bond donors (Lipinski definition) is 0. The van der Waals surface area contributed by atoms with Crippen molar-refractivity contribution in [2.75, 3.05) is 4.90 Å². The molecule has 0 unspecified atom stereocenters. The summed E-state index contributed by atoms with van der Waals surface area (Å²) in [5.74, 6) is 0. The molecule has 260 valence electrons. The van der Waals surface area contributed by atoms with Gasteiger partial charge >= 0.3 is 0 Å². The first-order valence-corrected chi connectivity index (χ1v) is 20.8. The Bertz CT molecular complexity index is 2790. The third kappa shape index (κ3) is 5.65. The summed E-state index contributed by atoms with van der Waals surface area (Å²) in [5.41, 5.74) is 7.37. The van der Waals surface area contributed by atoms with Crippen LogP contribution < -0.4 is 25.6 Å². The van der Waals surface area contributed by atoms with Gasteiger partial charge in [0.15, 0.2) is 8.07 Å². The second kappa shape index (κ2) is 13.8. The molecule has 0 N–H and O–H groups in total. The van der Waals surface area contributed by atoms with Crippen LogP contribution in [0.25, 0.3) is 43.8 Å². The maximum atomic E-state index is 6.69. The first-order chi connectivity index (χ1) is 27.3. The van der Waals surface area contributed by atoms with Crippen LogP contribution in [0.15, 0.2) is 229 Å². The molecule has 10 rings (SSSR count). The minimum Gasteiger partial charge on any atom is -0.455 e. The van der Waals surface area contributed by atoms with Crippen LogP contribution in [0.4, 0.5) is 17.1 Å². The third-order valence-corrected chi connectivity index (χ3v) is 15.8. The van der Waals surface area contributed by atoms with Crippen LogP contribution in [0.2, 0.25) is 0 Å². The summed E-state index contributed by atoms with van der Waals surface area (Å²) in [7, 11) is -2.67. The summed E-state index contributed by atoms with van der Waals surface area (Å²) in [6.45, 7) is 0. The van der Waals surface area contributed by atoms with E-state index in [0.29, 0.717) is 0 Å². The standard InChI is InChI=1S/C52H37NOSi/c1-5-15-38(16-6-1)39-25-28-41(29-26-39)53(43-32-36-49-50-35-27-40-17-13-14-24-48(40)52(50)54-51(49)37-43)42-30-33-47(34-31-42)55(44-18-7-2-8-19-44,45-20-9-3-10-21-45)46-22-11-4-12-23-46/h1-37H. The van der Waals surface area contributed by atoms with Gasteiger partial charge in [0.05, 0.1) is 0 Å². The van der Waals surface area contributed by atoms with Crippen LogP contribution in [0.1, 0.15) is 0 Å². The summed E-state index contributed by atoms with van der Waals surface area (Å²) in [6, 6.07) is 81.5. The molecule has 9 aromatic carbocycles. The van der Waals surface area contributed by atoms with Crippen molar-refractivity contribution >= 4 is 78.6 Å². The fourth-order valence-electron chi connectivity index (χ4n) is 8.44. The number of benzene rings is 9. The molecule has 0 saturated carbocycles. The van der Waals surface area contributed by atoms with E-state index in [1.54, 1.807) is 0 Å². The third-order valence-electron chi connectivity index (χ3n) is 11.0. The summed E-state index contributed by atoms with van der Waals surface area (Å²) in [6.07, 6.45) is 0. The van der Waals surface area contributed by atoms with E-state index < -0.39 is 8.07 Å². The predicted octanol–water partition coefficient (Wildman–Crippen LogP) is 11.3. The smallest absolute Gasteiger partial charge is 0.179 e. The predicted molar refractivity (Wildman–Crippen MR) is 235 cm³/mol. The molecule has 3 heteroatoms. The molecule has 0 spiro atoms. The van der Waals surface area contributed by atoms with Gasteiger partial charge in [0.25, 0.3) is 0 Å². The molecule has 0 fully saturated rings. The molecule has 1 aromatic heterocycles. The van der Waals surface area contributed by atoms with E-state index in [-0.39, 0.29) is 0 Å². The van der Waals surface area contributed by atoms with Crippen LogP contribution in [-0.2, 0) is 0 Å². The first-order valence-electron chi connectivity index (χ1n) is 18.8. The van der Waals surface area contributed by atoms with Gasteiger partial charge in [-0.15, -0.1) is 0 Å². The van der Waals surface area contributed by atoms with Crippen LogP contribution in [0.5, 0.6) is 0 Å². The highest BCUT2D eigenvalue weighted by Gasteiger charge is 2.41. The van der Waals surface area contributed by atoms with Crippen LogP contribution in [0, 0.1) is 0 Å². The average Bonchev–Trinajstić information content (AvgIpc) is 3.65. The molecule has 1 heterocycles. The molecule has 55 heavy (non-hydrogen) atoms. The normalized spacial score (nSPS) is 11.6. The molecule has 0 aliphatic rings. The summed E-state index contributed by atoms with van der Waals surface area (Å²) >= 11 is 0. The SMILES string of the molecule is c1ccc(-c2ccc(N(c3ccc([Si](c4ccccc4)(c4ccccc4)c4ccccc4)cc3)c3ccc4c(c3)oc3c5ccccc5ccc43)cc2)cc1. The minimum absolute atomic E-state index is 0.870. The van der Waals surface area contributed by atoms with Crippen molar-refractivity contribution in [3.63, 3.8) is 0 Å². The highest BCUT2D eigenvalue weighted by atomic mass is 28.3. The number of fused-ring (bicyclic) bond motifs is 5. The van der Waals surface area contributed by atoms with Crippen molar-refractivity contribution < 1.29 is 4.42 Å². The van der Waals surface area contributed by atoms with Crippen molar-refractivity contribution in [3.05, 3.63) is 224 Å². The zero-order chi connectivity index (χ0) is 36.6. The highest BCUT2D eigenvalue weighted by Crippen LogP contribution is 2.40. The molecule has 0 amide bonds. The summed E-state index contributed by atoms with van der Waals surface area (Å²) in [4.78, 5) is 2.35. The Morgan fingerprint density at radius 3 is 1.38 bits per heavy atom. The summed E-state index contributed by atoms with van der Waals surface area (Å²) in [5, 5.41) is 9.96. The second-order valence-electron chi connectivity index (χ2n) is 14.1. The van der Waals surface area contributed by atoms with Crippen molar-refractivity contribution in [2.24, 2.45) is 0 Å². The molecule has 2 nitrogen and oxygen atoms in total. The Labute approximate surface area is 322 Å². The van der Waals surface area contributed by atoms with Gasteiger partial charge in [0.1, 0.15) is 11.2 Å². The Morgan fingerprint density at radius 1 is 0.327 bits per heavy atom. The van der Waals surface area contributed by atoms with Crippen LogP contribution in [0.3, 0.4) is 0 Å². The molecule has 0 aliphatic carbocycles. The lowest BCUT2D eigenvalue weighted by molar-refractivity contribution is 0.672. The van der Waals surface area contributed by atoms with Gasteiger partial charge in [-0.25, -0.2) is 0 Å². The molecular weight excluding hydrogens is 683 g/mol. The van der Waals surface area contributed by atoms with E-state index in [1.807, 2.05) is 0 Å². The second-order valence-corrected chi connectivity index (χ2v) is 17.9. The number of nitrogens with zero attached hydrogens (tertiary/aromatic N) is 1. The van der Waals surface area contributed by atoms with E-state index in [1.165, 1.54) is 37.3 Å². The van der Waals surface area contributed by atoms with Gasteiger partial charge in [-0.2, -0.15) is 0 Å². The van der Waals surface area contributed by atoms with Crippen LogP contribution in [-0.4, -0.2) is 8.07 Å². The van der Waals surface area contributed by atoms with E-state index in [0.717, 1.165) is 44.4 Å². The lowest BCUT2D eigenvalue weighted by Gasteiger charge is -2.35. The van der Waals surface area contributed by atoms with Crippen molar-refractivity contribution in [1.82, 2.24) is 0 Å². The number of anilines is 3. The Kier molecular flexibility index (Phi) is 8.20. The van der Waals surface area contributed by atoms with Gasteiger partial charge in [-0.05, 0) is 79.7 Å². The highest BCUT2D eigenvalue weighted by molar-refractivity contribution is 7.19. The van der Waals surface area contributed by atoms with Crippen molar-refractivity contribution in [2.45, 2.75) is 0 Å². The zero-order valence-electron chi connectivity index (χ0n) is 30.2. The van der Waals surface area contributed by atoms with E-state index in [2.05, 4.69) is 229 Å². The Hall–Kier alpha value is -6.94. The van der Waals surface area contributed by atoms with Gasteiger partial charge in [-0.1, -0.05) is 176 Å². The van der Waals surface area contributed by atoms with Crippen molar-refractivity contribution in [1.29, 1.82) is 0 Å². The first kappa shape index (κ1) is 32.7. The largest absolute Gasteiger partial charge is 0.455 e. The maximum absolute atomic E-state index is 6.69. The number of rotatable bonds is 8. The molecule has 10 aromatic rings. The van der Waals surface area contributed by atoms with Crippen molar-refractivity contribution in [3.8, 4) is 11.1 Å². The average molecular weight is 720 g/mol. The van der Waals surface area contributed by atoms with Gasteiger partial charge in [0, 0.05) is 39.3 Å². The van der Waals surface area contributed by atoms with Gasteiger partial charge in [0.2, 0.25) is 0 Å². The van der Waals surface area contributed by atoms with E-state index in [9.17, 15) is 0 Å². The molecular formula is C52H37NOSi. The quantitative estimate of drug-likeness (QED) is 0.115. The Morgan fingerprint density at radius 2 is 0.782 bits per heavy atom. The zero-order valence-corrected chi connectivity index (χ0v) is 31.2. The Balaban J connectivity index is 1.15. The lowest BCUT2D eigenvalue weighted by atomic mass is 10.0. The molecule has 0 saturated heterocycles. The lowest BCUT2D eigenvalue weighted by Crippen LogP contribution is -2.74. The fraction of sp³-hybridized carbons (Fsp3) is 0. The van der Waals surface area contributed by atoms with E-state index in [4.69, 9.17) is 4.42 Å². The topological polar surface area (TPSA) is 16.4 Å². The molecule has 0 atom stereocenters. The summed E-state index contributed by atoms with van der Waals surface area (Å²) < 4.78 is 6.69. The van der Waals surface area contributed by atoms with E-state index >= 15 is 0 Å². The van der Waals surface area contributed by atoms with Crippen LogP contribution >= 0.6 is 0 Å². The minimum atomic E-state index is -2.67. The number of hydrogen-bond acceptors (Lipinski definition) is 2. The molecule has 0 bridgehead atoms. The number of furan rings is 1. The molecule has 0 aliphatic heterocycles.